The second-order valence-corrected chi connectivity index (χ2v) is 8.13. The second kappa shape index (κ2) is 6.62. The van der Waals surface area contributed by atoms with Crippen molar-refractivity contribution in [3.05, 3.63) is 21.3 Å². The zero-order chi connectivity index (χ0) is 13.1. The quantitative estimate of drug-likeness (QED) is 0.921. The number of nitrogens with two attached hydrogens (primary N) is 1. The molecular weight excluding hydrogens is 284 g/mol. The van der Waals surface area contributed by atoms with Crippen LogP contribution in [0.25, 0.3) is 0 Å². The van der Waals surface area contributed by atoms with E-state index in [1.165, 1.54) is 10.6 Å². The molecule has 5 heteroatoms. The van der Waals surface area contributed by atoms with E-state index in [1.807, 2.05) is 6.07 Å². The van der Waals surface area contributed by atoms with Gasteiger partial charge < -0.3 is 5.73 Å². The molecule has 0 spiro atoms. The van der Waals surface area contributed by atoms with E-state index in [1.54, 1.807) is 11.3 Å². The van der Waals surface area contributed by atoms with E-state index in [0.717, 1.165) is 23.8 Å². The number of nitrogens with zero attached hydrogens (tertiary/aromatic N) is 1. The Morgan fingerprint density at radius 2 is 2.33 bits per heavy atom. The average Bonchev–Trinajstić information content (AvgIpc) is 2.76. The van der Waals surface area contributed by atoms with E-state index in [4.69, 9.17) is 17.3 Å². The third-order valence-corrected chi connectivity index (χ3v) is 5.87. The summed E-state index contributed by atoms with van der Waals surface area (Å²) in [6, 6.07) is 4.64. The van der Waals surface area contributed by atoms with Gasteiger partial charge in [-0.25, -0.2) is 0 Å². The molecule has 1 aliphatic rings. The monoisotopic (exact) mass is 304 g/mol. The Labute approximate surface area is 123 Å². The third kappa shape index (κ3) is 3.42. The van der Waals surface area contributed by atoms with Gasteiger partial charge in [0, 0.05) is 35.0 Å². The molecule has 2 nitrogen and oxygen atoms in total. The van der Waals surface area contributed by atoms with Crippen molar-refractivity contribution in [2.75, 3.05) is 18.8 Å². The Hall–Kier alpha value is 0.260. The van der Waals surface area contributed by atoms with Gasteiger partial charge in [0.25, 0.3) is 0 Å². The fourth-order valence-corrected chi connectivity index (χ4v) is 4.78. The minimum atomic E-state index is 0.190. The Morgan fingerprint density at radius 3 is 2.89 bits per heavy atom. The normalized spacial score (nSPS) is 25.0. The third-order valence-electron chi connectivity index (χ3n) is 3.43. The average molecular weight is 305 g/mol. The fourth-order valence-electron chi connectivity index (χ4n) is 2.47. The number of rotatable bonds is 4. The van der Waals surface area contributed by atoms with Crippen LogP contribution >= 0.6 is 34.7 Å². The molecule has 2 N–H and O–H groups in total. The van der Waals surface area contributed by atoms with Gasteiger partial charge in [0.2, 0.25) is 0 Å². The Kier molecular flexibility index (Phi) is 5.39. The van der Waals surface area contributed by atoms with Crippen molar-refractivity contribution in [2.24, 2.45) is 5.73 Å². The molecule has 0 bridgehead atoms. The van der Waals surface area contributed by atoms with Gasteiger partial charge >= 0.3 is 0 Å². The number of halogens is 1. The van der Waals surface area contributed by atoms with Gasteiger partial charge in [-0.1, -0.05) is 25.4 Å². The maximum absolute atomic E-state index is 6.35. The molecule has 1 aromatic rings. The first-order chi connectivity index (χ1) is 8.61. The number of hydrogen-bond donors (Lipinski definition) is 1. The maximum Gasteiger partial charge on any atom is 0.0931 e. The zero-order valence-corrected chi connectivity index (χ0v) is 13.3. The predicted octanol–water partition coefficient (Wildman–Crippen LogP) is 3.62. The van der Waals surface area contributed by atoms with Crippen molar-refractivity contribution in [3.8, 4) is 0 Å². The van der Waals surface area contributed by atoms with Gasteiger partial charge in [-0.2, -0.15) is 11.8 Å². The summed E-state index contributed by atoms with van der Waals surface area (Å²) in [5.41, 5.74) is 6.35. The van der Waals surface area contributed by atoms with Crippen molar-refractivity contribution in [3.63, 3.8) is 0 Å². The molecule has 18 heavy (non-hydrogen) atoms. The van der Waals surface area contributed by atoms with Crippen molar-refractivity contribution in [2.45, 2.75) is 37.6 Å². The van der Waals surface area contributed by atoms with E-state index in [2.05, 4.69) is 36.6 Å². The summed E-state index contributed by atoms with van der Waals surface area (Å²) < 4.78 is 0.859. The fraction of sp³-hybridized carbons (Fsp3) is 0.692. The van der Waals surface area contributed by atoms with Crippen LogP contribution in [0.15, 0.2) is 12.1 Å². The number of thiophene rings is 1. The maximum atomic E-state index is 6.35. The summed E-state index contributed by atoms with van der Waals surface area (Å²) in [4.78, 5) is 3.85. The molecule has 1 aromatic heterocycles. The van der Waals surface area contributed by atoms with Gasteiger partial charge in [0.15, 0.2) is 0 Å². The summed E-state index contributed by atoms with van der Waals surface area (Å²) >= 11 is 9.80. The molecule has 3 unspecified atom stereocenters. The zero-order valence-electron chi connectivity index (χ0n) is 10.9. The first-order valence-corrected chi connectivity index (χ1v) is 8.72. The molecule has 0 radical (unpaired) electrons. The molecular formula is C13H21ClN2S2. The van der Waals surface area contributed by atoms with Gasteiger partial charge in [-0.15, -0.1) is 11.3 Å². The molecule has 1 saturated heterocycles. The second-order valence-electron chi connectivity index (χ2n) is 4.84. The minimum absolute atomic E-state index is 0.190. The van der Waals surface area contributed by atoms with E-state index in [9.17, 15) is 0 Å². The molecule has 1 aliphatic heterocycles. The highest BCUT2D eigenvalue weighted by Gasteiger charge is 2.30. The highest BCUT2D eigenvalue weighted by atomic mass is 35.5. The van der Waals surface area contributed by atoms with E-state index >= 15 is 0 Å². The Balaban J connectivity index is 2.19. The van der Waals surface area contributed by atoms with Crippen LogP contribution in [0.4, 0.5) is 0 Å². The van der Waals surface area contributed by atoms with Crippen LogP contribution in [-0.2, 0) is 0 Å². The minimum Gasteiger partial charge on any atom is -0.326 e. The van der Waals surface area contributed by atoms with E-state index < -0.39 is 0 Å². The van der Waals surface area contributed by atoms with Gasteiger partial charge in [-0.3, -0.25) is 4.90 Å². The van der Waals surface area contributed by atoms with Crippen LogP contribution in [0.2, 0.25) is 4.34 Å². The van der Waals surface area contributed by atoms with Crippen LogP contribution in [0.1, 0.15) is 31.2 Å². The Morgan fingerprint density at radius 1 is 1.56 bits per heavy atom. The van der Waals surface area contributed by atoms with Gasteiger partial charge in [0.05, 0.1) is 10.4 Å². The molecule has 3 atom stereocenters. The molecule has 2 rings (SSSR count). The van der Waals surface area contributed by atoms with Crippen LogP contribution < -0.4 is 5.73 Å². The summed E-state index contributed by atoms with van der Waals surface area (Å²) in [5.74, 6) is 1.20. The largest absolute Gasteiger partial charge is 0.326 e. The van der Waals surface area contributed by atoms with Crippen LogP contribution in [-0.4, -0.2) is 35.0 Å². The van der Waals surface area contributed by atoms with Crippen molar-refractivity contribution in [1.82, 2.24) is 4.90 Å². The van der Waals surface area contributed by atoms with E-state index in [-0.39, 0.29) is 6.04 Å². The van der Waals surface area contributed by atoms with Crippen LogP contribution in [0.5, 0.6) is 0 Å². The lowest BCUT2D eigenvalue weighted by Crippen LogP contribution is -2.46. The molecule has 102 valence electrons. The smallest absolute Gasteiger partial charge is 0.0931 e. The summed E-state index contributed by atoms with van der Waals surface area (Å²) in [5, 5.41) is 0.695. The van der Waals surface area contributed by atoms with Gasteiger partial charge in [-0.05, 0) is 18.6 Å². The topological polar surface area (TPSA) is 29.3 Å². The molecule has 0 aromatic carbocycles. The van der Waals surface area contributed by atoms with Crippen LogP contribution in [0, 0.1) is 0 Å². The SMILES string of the molecule is CCC(N)C(c1ccc(Cl)s1)N1CCSC(C)C1. The standard InChI is InChI=1S/C13H21ClN2S2/c1-3-10(15)13(11-4-5-12(14)18-11)16-6-7-17-9(2)8-16/h4-5,9-10,13H,3,6-8,15H2,1-2H3. The van der Waals surface area contributed by atoms with E-state index in [0.29, 0.717) is 11.3 Å². The lowest BCUT2D eigenvalue weighted by Gasteiger charge is -2.39. The molecule has 2 heterocycles. The molecule has 0 saturated carbocycles. The predicted molar refractivity (Wildman–Crippen MR) is 83.8 cm³/mol. The highest BCUT2D eigenvalue weighted by molar-refractivity contribution is 7.99. The molecule has 1 fully saturated rings. The van der Waals surface area contributed by atoms with Crippen molar-refractivity contribution < 1.29 is 0 Å². The van der Waals surface area contributed by atoms with Gasteiger partial charge in [0.1, 0.15) is 0 Å². The lowest BCUT2D eigenvalue weighted by molar-refractivity contribution is 0.180. The summed E-state index contributed by atoms with van der Waals surface area (Å²) in [7, 11) is 0. The van der Waals surface area contributed by atoms with Crippen LogP contribution in [0.3, 0.4) is 0 Å². The molecule has 0 aliphatic carbocycles. The summed E-state index contributed by atoms with van der Waals surface area (Å²) in [6.45, 7) is 6.71. The first-order valence-electron chi connectivity index (χ1n) is 6.48. The lowest BCUT2D eigenvalue weighted by atomic mass is 10.0. The van der Waals surface area contributed by atoms with Crippen molar-refractivity contribution >= 4 is 34.7 Å². The highest BCUT2D eigenvalue weighted by Crippen LogP contribution is 2.35. The number of hydrogen-bond acceptors (Lipinski definition) is 4. The Bertz CT molecular complexity index is 383. The summed E-state index contributed by atoms with van der Waals surface area (Å²) in [6.07, 6.45) is 0.998. The first kappa shape index (κ1) is 14.7. The van der Waals surface area contributed by atoms with Crippen molar-refractivity contribution in [1.29, 1.82) is 0 Å². The number of thioether (sulfide) groups is 1. The molecule has 0 amide bonds.